The van der Waals surface area contributed by atoms with Crippen molar-refractivity contribution in [1.82, 2.24) is 4.98 Å². The second kappa shape index (κ2) is 10.6. The van der Waals surface area contributed by atoms with Crippen LogP contribution in [0.5, 0.6) is 5.75 Å². The van der Waals surface area contributed by atoms with Crippen LogP contribution >= 0.6 is 0 Å². The van der Waals surface area contributed by atoms with E-state index in [1.54, 1.807) is 36.4 Å². The lowest BCUT2D eigenvalue weighted by Gasteiger charge is -2.22. The summed E-state index contributed by atoms with van der Waals surface area (Å²) in [5.74, 6) is -0.832. The number of nitrogens with zero attached hydrogens (tertiary/aromatic N) is 1. The van der Waals surface area contributed by atoms with Crippen LogP contribution in [-0.2, 0) is 16.0 Å². The van der Waals surface area contributed by atoms with Gasteiger partial charge in [0.1, 0.15) is 11.6 Å². The molecule has 1 aliphatic rings. The first-order valence-electron chi connectivity index (χ1n) is 12.0. The topological polar surface area (TPSA) is 77.5 Å². The summed E-state index contributed by atoms with van der Waals surface area (Å²) in [5.41, 5.74) is 4.95. The number of methoxy groups -OCH3 is 1. The zero-order valence-corrected chi connectivity index (χ0v) is 20.3. The third-order valence-electron chi connectivity index (χ3n) is 6.30. The molecule has 0 atom stereocenters. The van der Waals surface area contributed by atoms with Crippen molar-refractivity contribution in [3.63, 3.8) is 0 Å². The Morgan fingerprint density at radius 1 is 1.00 bits per heavy atom. The van der Waals surface area contributed by atoms with E-state index in [2.05, 4.69) is 5.32 Å². The highest BCUT2D eigenvalue weighted by Gasteiger charge is 2.26. The standard InChI is InChI=1S/C30H25FN2O4/c1-36-26-12-5-4-11-25(26)32-27(34)18-37-30(35)28-22-8-2-3-10-24(22)33-29-20(7-6-9-23(28)29)17-19-13-15-21(31)16-14-19/h2-5,8,10-17H,6-7,9,18H2,1H3,(H,32,34). The van der Waals surface area contributed by atoms with E-state index in [9.17, 15) is 14.0 Å². The van der Waals surface area contributed by atoms with Crippen molar-refractivity contribution in [2.75, 3.05) is 19.0 Å². The number of hydrogen-bond acceptors (Lipinski definition) is 5. The molecule has 1 amide bonds. The zero-order chi connectivity index (χ0) is 25.8. The molecule has 0 aliphatic heterocycles. The molecule has 0 bridgehead atoms. The Morgan fingerprint density at radius 3 is 2.57 bits per heavy atom. The first kappa shape index (κ1) is 24.2. The molecule has 1 heterocycles. The number of benzene rings is 3. The Morgan fingerprint density at radius 2 is 1.76 bits per heavy atom. The molecular formula is C30H25FN2O4. The largest absolute Gasteiger partial charge is 0.495 e. The van der Waals surface area contributed by atoms with Gasteiger partial charge in [-0.25, -0.2) is 14.2 Å². The Kier molecular flexibility index (Phi) is 6.94. The van der Waals surface area contributed by atoms with Crippen LogP contribution in [-0.4, -0.2) is 30.6 Å². The fraction of sp³-hybridized carbons (Fsp3) is 0.167. The average molecular weight is 497 g/mol. The summed E-state index contributed by atoms with van der Waals surface area (Å²) in [6.45, 7) is -0.444. The predicted molar refractivity (Wildman–Crippen MR) is 141 cm³/mol. The number of pyridine rings is 1. The molecule has 0 saturated carbocycles. The quantitative estimate of drug-likeness (QED) is 0.329. The third-order valence-corrected chi connectivity index (χ3v) is 6.30. The minimum absolute atomic E-state index is 0.296. The molecular weight excluding hydrogens is 471 g/mol. The molecule has 1 aliphatic carbocycles. The number of nitrogens with one attached hydrogen (secondary N) is 1. The van der Waals surface area contributed by atoms with E-state index in [0.717, 1.165) is 35.2 Å². The van der Waals surface area contributed by atoms with Gasteiger partial charge in [-0.05, 0) is 72.4 Å². The minimum atomic E-state index is -0.576. The van der Waals surface area contributed by atoms with Crippen LogP contribution in [0.3, 0.4) is 0 Å². The van der Waals surface area contributed by atoms with Gasteiger partial charge in [0.25, 0.3) is 5.91 Å². The van der Waals surface area contributed by atoms with E-state index in [-0.39, 0.29) is 5.82 Å². The van der Waals surface area contributed by atoms with Crippen LogP contribution in [0.15, 0.2) is 72.8 Å². The molecule has 5 rings (SSSR count). The Labute approximate surface area is 213 Å². The average Bonchev–Trinajstić information content (AvgIpc) is 2.92. The van der Waals surface area contributed by atoms with Crippen molar-refractivity contribution in [2.45, 2.75) is 19.3 Å². The second-order valence-corrected chi connectivity index (χ2v) is 8.73. The fourth-order valence-corrected chi connectivity index (χ4v) is 4.61. The maximum Gasteiger partial charge on any atom is 0.339 e. The van der Waals surface area contributed by atoms with Gasteiger partial charge in [0.15, 0.2) is 6.61 Å². The van der Waals surface area contributed by atoms with Crippen LogP contribution in [0.25, 0.3) is 22.6 Å². The van der Waals surface area contributed by atoms with Gasteiger partial charge in [-0.2, -0.15) is 0 Å². The summed E-state index contributed by atoms with van der Waals surface area (Å²) in [7, 11) is 1.52. The van der Waals surface area contributed by atoms with Crippen molar-refractivity contribution in [1.29, 1.82) is 0 Å². The summed E-state index contributed by atoms with van der Waals surface area (Å²) >= 11 is 0. The predicted octanol–water partition coefficient (Wildman–Crippen LogP) is 6.05. The van der Waals surface area contributed by atoms with Gasteiger partial charge < -0.3 is 14.8 Å². The lowest BCUT2D eigenvalue weighted by atomic mass is 9.86. The summed E-state index contributed by atoms with van der Waals surface area (Å²) < 4.78 is 24.1. The highest BCUT2D eigenvalue weighted by atomic mass is 19.1. The third kappa shape index (κ3) is 5.21. The van der Waals surface area contributed by atoms with Crippen LogP contribution in [0.1, 0.15) is 40.0 Å². The molecule has 1 N–H and O–H groups in total. The molecule has 0 saturated heterocycles. The number of aromatic nitrogens is 1. The second-order valence-electron chi connectivity index (χ2n) is 8.73. The molecule has 6 nitrogen and oxygen atoms in total. The van der Waals surface area contributed by atoms with Crippen LogP contribution in [0, 0.1) is 5.82 Å². The van der Waals surface area contributed by atoms with Gasteiger partial charge in [0, 0.05) is 5.39 Å². The summed E-state index contributed by atoms with van der Waals surface area (Å²) in [5, 5.41) is 3.40. The van der Waals surface area contributed by atoms with Crippen molar-refractivity contribution in [3.8, 4) is 5.75 Å². The Hall–Kier alpha value is -4.52. The summed E-state index contributed by atoms with van der Waals surface area (Å²) in [6, 6.07) is 20.7. The van der Waals surface area contributed by atoms with Crippen LogP contribution in [0.4, 0.5) is 10.1 Å². The maximum atomic E-state index is 13.4. The van der Waals surface area contributed by atoms with Crippen molar-refractivity contribution in [2.24, 2.45) is 0 Å². The van der Waals surface area contributed by atoms with Gasteiger partial charge in [-0.15, -0.1) is 0 Å². The maximum absolute atomic E-state index is 13.4. The number of hydrogen-bond donors (Lipinski definition) is 1. The monoisotopic (exact) mass is 496 g/mol. The number of halogens is 1. The lowest BCUT2D eigenvalue weighted by molar-refractivity contribution is -0.119. The van der Waals surface area contributed by atoms with Crippen molar-refractivity contribution in [3.05, 3.63) is 101 Å². The van der Waals surface area contributed by atoms with Crippen LogP contribution < -0.4 is 10.1 Å². The zero-order valence-electron chi connectivity index (χ0n) is 20.3. The highest BCUT2D eigenvalue weighted by molar-refractivity contribution is 6.07. The van der Waals surface area contributed by atoms with Gasteiger partial charge in [0.05, 0.1) is 29.6 Å². The van der Waals surface area contributed by atoms with E-state index >= 15 is 0 Å². The smallest absolute Gasteiger partial charge is 0.339 e. The number of ether oxygens (including phenoxy) is 2. The Bertz CT molecular complexity index is 1510. The van der Waals surface area contributed by atoms with Gasteiger partial charge in [-0.3, -0.25) is 4.79 Å². The van der Waals surface area contributed by atoms with Crippen molar-refractivity contribution >= 4 is 40.1 Å². The molecule has 0 unspecified atom stereocenters. The number of para-hydroxylation sites is 3. The number of allylic oxidation sites excluding steroid dienone is 1. The molecule has 0 spiro atoms. The number of carbonyl (C=O) groups is 2. The first-order valence-corrected chi connectivity index (χ1v) is 12.0. The normalized spacial score (nSPS) is 13.7. The number of amides is 1. The number of esters is 1. The molecule has 37 heavy (non-hydrogen) atoms. The Balaban J connectivity index is 1.45. The number of anilines is 1. The van der Waals surface area contributed by atoms with E-state index in [1.165, 1.54) is 19.2 Å². The van der Waals surface area contributed by atoms with Crippen LogP contribution in [0.2, 0.25) is 0 Å². The molecule has 0 fully saturated rings. The van der Waals surface area contributed by atoms with E-state index in [4.69, 9.17) is 14.5 Å². The molecule has 0 radical (unpaired) electrons. The minimum Gasteiger partial charge on any atom is -0.495 e. The van der Waals surface area contributed by atoms with Gasteiger partial charge in [-0.1, -0.05) is 42.5 Å². The molecule has 186 valence electrons. The van der Waals surface area contributed by atoms with Crippen molar-refractivity contribution < 1.29 is 23.5 Å². The van der Waals surface area contributed by atoms with E-state index in [0.29, 0.717) is 34.3 Å². The first-order chi connectivity index (χ1) is 18.0. The summed E-state index contributed by atoms with van der Waals surface area (Å²) in [6.07, 6.45) is 4.25. The molecule has 1 aromatic heterocycles. The fourth-order valence-electron chi connectivity index (χ4n) is 4.61. The van der Waals surface area contributed by atoms with Gasteiger partial charge >= 0.3 is 5.97 Å². The lowest BCUT2D eigenvalue weighted by Crippen LogP contribution is -2.22. The van der Waals surface area contributed by atoms with E-state index < -0.39 is 18.5 Å². The number of fused-ring (bicyclic) bond motifs is 2. The summed E-state index contributed by atoms with van der Waals surface area (Å²) in [4.78, 5) is 30.8. The molecule has 4 aromatic rings. The number of rotatable bonds is 6. The molecule has 3 aromatic carbocycles. The number of carbonyl (C=O) groups excluding carboxylic acids is 2. The molecule has 7 heteroatoms. The highest BCUT2D eigenvalue weighted by Crippen LogP contribution is 2.36. The van der Waals surface area contributed by atoms with Gasteiger partial charge in [0.2, 0.25) is 0 Å². The SMILES string of the molecule is COc1ccccc1NC(=O)COC(=O)c1c2c(nc3ccccc13)C(=Cc1ccc(F)cc1)CCC2. The van der Waals surface area contributed by atoms with E-state index in [1.807, 2.05) is 30.3 Å².